The summed E-state index contributed by atoms with van der Waals surface area (Å²) in [4.78, 5) is 25.4. The molecule has 144 valence electrons. The molecule has 0 radical (unpaired) electrons. The number of carbonyl (C=O) groups excluding carboxylic acids is 2. The van der Waals surface area contributed by atoms with E-state index in [1.54, 1.807) is 12.1 Å². The van der Waals surface area contributed by atoms with Gasteiger partial charge in [0.15, 0.2) is 0 Å². The first-order chi connectivity index (χ1) is 12.5. The SMILES string of the molecule is COC(=O)c1ccc(CNCC[C@@H]2CCC(=O)N2CCOC(C)C)cc1. The number of ether oxygens (including phenoxy) is 2. The molecule has 1 saturated heterocycles. The minimum atomic E-state index is -0.322. The van der Waals surface area contributed by atoms with Crippen molar-refractivity contribution in [3.63, 3.8) is 0 Å². The fourth-order valence-electron chi connectivity index (χ4n) is 3.17. The Morgan fingerprint density at radius 2 is 2.04 bits per heavy atom. The largest absolute Gasteiger partial charge is 0.465 e. The highest BCUT2D eigenvalue weighted by Crippen LogP contribution is 2.20. The molecule has 1 aromatic rings. The number of rotatable bonds is 10. The van der Waals surface area contributed by atoms with Gasteiger partial charge in [-0.15, -0.1) is 0 Å². The van der Waals surface area contributed by atoms with E-state index in [-0.39, 0.29) is 18.0 Å². The summed E-state index contributed by atoms with van der Waals surface area (Å²) in [5.74, 6) is -0.0855. The lowest BCUT2D eigenvalue weighted by molar-refractivity contribution is -0.130. The third kappa shape index (κ3) is 6.11. The van der Waals surface area contributed by atoms with Crippen LogP contribution in [0.15, 0.2) is 24.3 Å². The molecule has 1 aliphatic rings. The van der Waals surface area contributed by atoms with Crippen molar-refractivity contribution >= 4 is 11.9 Å². The van der Waals surface area contributed by atoms with Gasteiger partial charge in [-0.1, -0.05) is 12.1 Å². The van der Waals surface area contributed by atoms with E-state index < -0.39 is 0 Å². The number of nitrogens with zero attached hydrogens (tertiary/aromatic N) is 1. The predicted octanol–water partition coefficient (Wildman–Crippen LogP) is 2.37. The lowest BCUT2D eigenvalue weighted by atomic mass is 10.1. The molecule has 0 bridgehead atoms. The molecular formula is C20H30N2O4. The van der Waals surface area contributed by atoms with Gasteiger partial charge in [0.05, 0.1) is 25.4 Å². The molecule has 1 atom stereocenters. The van der Waals surface area contributed by atoms with Crippen LogP contribution in [0, 0.1) is 0 Å². The predicted molar refractivity (Wildman–Crippen MR) is 99.9 cm³/mol. The molecule has 1 N–H and O–H groups in total. The number of hydrogen-bond acceptors (Lipinski definition) is 5. The number of nitrogens with one attached hydrogen (secondary N) is 1. The van der Waals surface area contributed by atoms with Crippen molar-refractivity contribution in [2.75, 3.05) is 26.8 Å². The Labute approximate surface area is 155 Å². The van der Waals surface area contributed by atoms with Crippen LogP contribution >= 0.6 is 0 Å². The van der Waals surface area contributed by atoms with Gasteiger partial charge in [0.1, 0.15) is 0 Å². The molecule has 6 heteroatoms. The van der Waals surface area contributed by atoms with Gasteiger partial charge in [-0.05, 0) is 50.9 Å². The minimum absolute atomic E-state index is 0.193. The lowest BCUT2D eigenvalue weighted by Crippen LogP contribution is -2.37. The van der Waals surface area contributed by atoms with Crippen molar-refractivity contribution in [3.05, 3.63) is 35.4 Å². The van der Waals surface area contributed by atoms with Gasteiger partial charge in [0.2, 0.25) is 5.91 Å². The number of amides is 1. The van der Waals surface area contributed by atoms with Crippen molar-refractivity contribution in [2.24, 2.45) is 0 Å². The molecule has 26 heavy (non-hydrogen) atoms. The van der Waals surface area contributed by atoms with Gasteiger partial charge in [-0.3, -0.25) is 4.79 Å². The zero-order valence-corrected chi connectivity index (χ0v) is 16.0. The lowest BCUT2D eigenvalue weighted by Gasteiger charge is -2.25. The molecule has 0 saturated carbocycles. The summed E-state index contributed by atoms with van der Waals surface area (Å²) in [6, 6.07) is 7.69. The first kappa shape index (κ1) is 20.4. The molecule has 1 aromatic carbocycles. The third-order valence-electron chi connectivity index (χ3n) is 4.59. The quantitative estimate of drug-likeness (QED) is 0.511. The average Bonchev–Trinajstić information content (AvgIpc) is 2.98. The van der Waals surface area contributed by atoms with Gasteiger partial charge in [0, 0.05) is 25.6 Å². The van der Waals surface area contributed by atoms with Crippen LogP contribution in [-0.2, 0) is 20.8 Å². The summed E-state index contributed by atoms with van der Waals surface area (Å²) in [5.41, 5.74) is 1.67. The summed E-state index contributed by atoms with van der Waals surface area (Å²) in [5, 5.41) is 3.42. The Hall–Kier alpha value is -1.92. The Morgan fingerprint density at radius 1 is 1.31 bits per heavy atom. The number of esters is 1. The fraction of sp³-hybridized carbons (Fsp3) is 0.600. The van der Waals surface area contributed by atoms with Crippen molar-refractivity contribution in [2.45, 2.75) is 51.8 Å². The van der Waals surface area contributed by atoms with Crippen molar-refractivity contribution in [3.8, 4) is 0 Å². The van der Waals surface area contributed by atoms with E-state index in [4.69, 9.17) is 9.47 Å². The summed E-state index contributed by atoms with van der Waals surface area (Å²) in [7, 11) is 1.38. The molecule has 0 unspecified atom stereocenters. The normalized spacial score (nSPS) is 17.2. The Kier molecular flexibility index (Phi) is 8.06. The second-order valence-electron chi connectivity index (χ2n) is 6.85. The summed E-state index contributed by atoms with van der Waals surface area (Å²) >= 11 is 0. The van der Waals surface area contributed by atoms with Crippen molar-refractivity contribution < 1.29 is 19.1 Å². The Morgan fingerprint density at radius 3 is 2.69 bits per heavy atom. The highest BCUT2D eigenvalue weighted by atomic mass is 16.5. The van der Waals surface area contributed by atoms with E-state index in [1.807, 2.05) is 30.9 Å². The van der Waals surface area contributed by atoms with Crippen LogP contribution in [0.2, 0.25) is 0 Å². The van der Waals surface area contributed by atoms with E-state index in [0.717, 1.165) is 31.5 Å². The van der Waals surface area contributed by atoms with Crippen LogP contribution in [0.5, 0.6) is 0 Å². The first-order valence-electron chi connectivity index (χ1n) is 9.30. The summed E-state index contributed by atoms with van der Waals surface area (Å²) in [6.07, 6.45) is 2.70. The molecular weight excluding hydrogens is 332 g/mol. The zero-order chi connectivity index (χ0) is 18.9. The van der Waals surface area contributed by atoms with E-state index in [0.29, 0.717) is 31.2 Å². The molecule has 6 nitrogen and oxygen atoms in total. The van der Waals surface area contributed by atoms with Crippen molar-refractivity contribution in [1.82, 2.24) is 10.2 Å². The van der Waals surface area contributed by atoms with Gasteiger partial charge in [-0.2, -0.15) is 0 Å². The highest BCUT2D eigenvalue weighted by Gasteiger charge is 2.29. The van der Waals surface area contributed by atoms with E-state index in [1.165, 1.54) is 7.11 Å². The van der Waals surface area contributed by atoms with Gasteiger partial charge >= 0.3 is 5.97 Å². The minimum Gasteiger partial charge on any atom is -0.465 e. The Balaban J connectivity index is 1.71. The van der Waals surface area contributed by atoms with Gasteiger partial charge < -0.3 is 19.7 Å². The number of likely N-dealkylation sites (tertiary alicyclic amines) is 1. The number of hydrogen-bond donors (Lipinski definition) is 1. The van der Waals surface area contributed by atoms with E-state index in [2.05, 4.69) is 5.32 Å². The maximum absolute atomic E-state index is 12.0. The molecule has 1 fully saturated rings. The number of methoxy groups -OCH3 is 1. The van der Waals surface area contributed by atoms with Crippen LogP contribution in [0.25, 0.3) is 0 Å². The van der Waals surface area contributed by atoms with Crippen LogP contribution in [-0.4, -0.2) is 55.7 Å². The summed E-state index contributed by atoms with van der Waals surface area (Å²) in [6.45, 7) is 6.86. The molecule has 2 rings (SSSR count). The second-order valence-corrected chi connectivity index (χ2v) is 6.85. The topological polar surface area (TPSA) is 67.9 Å². The van der Waals surface area contributed by atoms with Gasteiger partial charge in [-0.25, -0.2) is 4.79 Å². The standard InChI is InChI=1S/C20H30N2O4/c1-15(2)26-13-12-22-18(8-9-19(22)23)10-11-21-14-16-4-6-17(7-5-16)20(24)25-3/h4-7,15,18,21H,8-14H2,1-3H3/t18-/m0/s1. The zero-order valence-electron chi connectivity index (χ0n) is 16.0. The molecule has 1 heterocycles. The smallest absolute Gasteiger partial charge is 0.337 e. The van der Waals surface area contributed by atoms with Crippen LogP contribution in [0.3, 0.4) is 0 Å². The van der Waals surface area contributed by atoms with Crippen LogP contribution in [0.1, 0.15) is 49.0 Å². The maximum Gasteiger partial charge on any atom is 0.337 e. The first-order valence-corrected chi connectivity index (χ1v) is 9.30. The van der Waals surface area contributed by atoms with E-state index >= 15 is 0 Å². The molecule has 0 spiro atoms. The number of benzene rings is 1. The summed E-state index contributed by atoms with van der Waals surface area (Å²) < 4.78 is 10.3. The van der Waals surface area contributed by atoms with Crippen LogP contribution in [0.4, 0.5) is 0 Å². The van der Waals surface area contributed by atoms with Gasteiger partial charge in [0.25, 0.3) is 0 Å². The highest BCUT2D eigenvalue weighted by molar-refractivity contribution is 5.89. The van der Waals surface area contributed by atoms with Crippen LogP contribution < -0.4 is 5.32 Å². The molecule has 0 aromatic heterocycles. The molecule has 0 aliphatic carbocycles. The van der Waals surface area contributed by atoms with E-state index in [9.17, 15) is 9.59 Å². The van der Waals surface area contributed by atoms with Crippen molar-refractivity contribution in [1.29, 1.82) is 0 Å². The molecule has 1 amide bonds. The number of carbonyl (C=O) groups is 2. The fourth-order valence-corrected chi connectivity index (χ4v) is 3.17. The molecule has 1 aliphatic heterocycles. The Bertz CT molecular complexity index is 586. The maximum atomic E-state index is 12.0. The second kappa shape index (κ2) is 10.3. The third-order valence-corrected chi connectivity index (χ3v) is 4.59. The monoisotopic (exact) mass is 362 g/mol. The average molecular weight is 362 g/mol.